The molecule has 80 valence electrons. The van der Waals surface area contributed by atoms with E-state index in [1.165, 1.54) is 25.7 Å². The van der Waals surface area contributed by atoms with E-state index in [0.717, 1.165) is 16.7 Å². The second-order valence-corrected chi connectivity index (χ2v) is 4.30. The quantitative estimate of drug-likeness (QED) is 0.745. The Morgan fingerprint density at radius 3 is 2.87 bits per heavy atom. The largest absolute Gasteiger partial charge is 0.383 e. The maximum atomic E-state index is 5.82. The molecule has 1 aliphatic rings. The third-order valence-electron chi connectivity index (χ3n) is 3.28. The number of rotatable bonds is 1. The minimum Gasteiger partial charge on any atom is -0.383 e. The zero-order valence-corrected chi connectivity index (χ0v) is 8.82. The Labute approximate surface area is 87.6 Å². The molecule has 3 N–H and O–H groups in total. The van der Waals surface area contributed by atoms with Crippen molar-refractivity contribution >= 4 is 16.9 Å². The Morgan fingerprint density at radius 2 is 2.13 bits per heavy atom. The van der Waals surface area contributed by atoms with Crippen LogP contribution in [0.15, 0.2) is 0 Å². The minimum absolute atomic E-state index is 0.517. The standard InChI is InChI=1S/C10H15N5/c1-6-8-9(11)12-13-10(8)15(14-6)7-4-2-3-5-7/h7H,2-5H2,1H3,(H3,11,12,13). The summed E-state index contributed by atoms with van der Waals surface area (Å²) in [5.74, 6) is 0.631. The number of hydrogen-bond donors (Lipinski definition) is 2. The summed E-state index contributed by atoms with van der Waals surface area (Å²) in [6, 6.07) is 0.517. The molecule has 2 aromatic heterocycles. The lowest BCUT2D eigenvalue weighted by Crippen LogP contribution is -2.07. The lowest BCUT2D eigenvalue weighted by Gasteiger charge is -2.08. The minimum atomic E-state index is 0.517. The number of aromatic amines is 1. The van der Waals surface area contributed by atoms with Crippen LogP contribution in [0.1, 0.15) is 37.4 Å². The fourth-order valence-electron chi connectivity index (χ4n) is 2.53. The van der Waals surface area contributed by atoms with Gasteiger partial charge in [-0.3, -0.25) is 5.10 Å². The first kappa shape index (κ1) is 8.76. The highest BCUT2D eigenvalue weighted by atomic mass is 15.4. The van der Waals surface area contributed by atoms with Gasteiger partial charge in [0.1, 0.15) is 5.82 Å². The number of aryl methyl sites for hydroxylation is 1. The summed E-state index contributed by atoms with van der Waals surface area (Å²) in [4.78, 5) is 0. The van der Waals surface area contributed by atoms with E-state index < -0.39 is 0 Å². The van der Waals surface area contributed by atoms with E-state index in [4.69, 9.17) is 5.73 Å². The van der Waals surface area contributed by atoms with Crippen LogP contribution in [-0.2, 0) is 0 Å². The van der Waals surface area contributed by atoms with Gasteiger partial charge in [-0.1, -0.05) is 12.8 Å². The number of nitrogens with one attached hydrogen (secondary N) is 1. The molecule has 2 heterocycles. The van der Waals surface area contributed by atoms with Crippen LogP contribution < -0.4 is 5.73 Å². The summed E-state index contributed by atoms with van der Waals surface area (Å²) in [7, 11) is 0. The lowest BCUT2D eigenvalue weighted by atomic mass is 10.2. The molecule has 0 aliphatic heterocycles. The van der Waals surface area contributed by atoms with Gasteiger partial charge in [0.05, 0.1) is 17.1 Å². The molecular formula is C10H15N5. The van der Waals surface area contributed by atoms with Crippen LogP contribution in [0.25, 0.3) is 11.0 Å². The number of nitrogen functional groups attached to an aromatic ring is 1. The van der Waals surface area contributed by atoms with Crippen molar-refractivity contribution in [2.75, 3.05) is 5.73 Å². The molecule has 3 rings (SSSR count). The zero-order chi connectivity index (χ0) is 10.4. The summed E-state index contributed by atoms with van der Waals surface area (Å²) in [6.07, 6.45) is 5.02. The van der Waals surface area contributed by atoms with Gasteiger partial charge in [0.2, 0.25) is 0 Å². The Balaban J connectivity index is 2.18. The van der Waals surface area contributed by atoms with Crippen LogP contribution in [0, 0.1) is 6.92 Å². The average molecular weight is 205 g/mol. The normalized spacial score (nSPS) is 17.9. The monoisotopic (exact) mass is 205 g/mol. The van der Waals surface area contributed by atoms with Gasteiger partial charge in [-0.25, -0.2) is 4.68 Å². The van der Waals surface area contributed by atoms with E-state index in [1.807, 2.05) is 11.6 Å². The molecule has 0 unspecified atom stereocenters. The van der Waals surface area contributed by atoms with Crippen molar-refractivity contribution in [1.29, 1.82) is 0 Å². The van der Waals surface area contributed by atoms with Crippen molar-refractivity contribution in [3.63, 3.8) is 0 Å². The van der Waals surface area contributed by atoms with E-state index in [9.17, 15) is 0 Å². The van der Waals surface area contributed by atoms with E-state index >= 15 is 0 Å². The highest BCUT2D eigenvalue weighted by Crippen LogP contribution is 2.33. The van der Waals surface area contributed by atoms with Crippen molar-refractivity contribution in [1.82, 2.24) is 20.0 Å². The number of anilines is 1. The summed E-state index contributed by atoms with van der Waals surface area (Å²) in [6.45, 7) is 1.99. The first-order valence-electron chi connectivity index (χ1n) is 5.46. The number of nitrogens with two attached hydrogens (primary N) is 1. The second-order valence-electron chi connectivity index (χ2n) is 4.30. The maximum absolute atomic E-state index is 5.82. The van der Waals surface area contributed by atoms with Crippen molar-refractivity contribution in [3.05, 3.63) is 5.69 Å². The van der Waals surface area contributed by atoms with Crippen LogP contribution in [0.5, 0.6) is 0 Å². The summed E-state index contributed by atoms with van der Waals surface area (Å²) < 4.78 is 2.05. The van der Waals surface area contributed by atoms with Crippen molar-refractivity contribution in [2.45, 2.75) is 38.6 Å². The molecule has 2 aromatic rings. The van der Waals surface area contributed by atoms with E-state index in [-0.39, 0.29) is 0 Å². The van der Waals surface area contributed by atoms with Crippen LogP contribution in [-0.4, -0.2) is 20.0 Å². The summed E-state index contributed by atoms with van der Waals surface area (Å²) >= 11 is 0. The second kappa shape index (κ2) is 2.98. The molecule has 0 saturated heterocycles. The van der Waals surface area contributed by atoms with E-state index in [0.29, 0.717) is 11.9 Å². The zero-order valence-electron chi connectivity index (χ0n) is 8.82. The molecule has 1 aliphatic carbocycles. The Kier molecular flexibility index (Phi) is 1.74. The predicted octanol–water partition coefficient (Wildman–Crippen LogP) is 1.77. The smallest absolute Gasteiger partial charge is 0.182 e. The molecule has 0 atom stereocenters. The van der Waals surface area contributed by atoms with Crippen molar-refractivity contribution < 1.29 is 0 Å². The number of nitrogens with zero attached hydrogens (tertiary/aromatic N) is 3. The van der Waals surface area contributed by atoms with Gasteiger partial charge in [-0.15, -0.1) is 0 Å². The highest BCUT2D eigenvalue weighted by Gasteiger charge is 2.22. The molecule has 0 spiro atoms. The molecule has 15 heavy (non-hydrogen) atoms. The van der Waals surface area contributed by atoms with Crippen molar-refractivity contribution in [3.8, 4) is 0 Å². The molecule has 0 amide bonds. The van der Waals surface area contributed by atoms with Gasteiger partial charge >= 0.3 is 0 Å². The molecular weight excluding hydrogens is 190 g/mol. The average Bonchev–Trinajstić information content (AvgIpc) is 2.86. The van der Waals surface area contributed by atoms with Gasteiger partial charge in [-0.2, -0.15) is 10.2 Å². The fraction of sp³-hybridized carbons (Fsp3) is 0.600. The summed E-state index contributed by atoms with van der Waals surface area (Å²) in [5, 5.41) is 12.6. The Hall–Kier alpha value is -1.52. The van der Waals surface area contributed by atoms with Gasteiger partial charge in [0.25, 0.3) is 0 Å². The predicted molar refractivity (Wildman–Crippen MR) is 58.5 cm³/mol. The van der Waals surface area contributed by atoms with E-state index in [2.05, 4.69) is 15.3 Å². The lowest BCUT2D eigenvalue weighted by molar-refractivity contribution is 0.475. The molecule has 1 saturated carbocycles. The topological polar surface area (TPSA) is 72.5 Å². The third-order valence-corrected chi connectivity index (χ3v) is 3.28. The first-order chi connectivity index (χ1) is 7.27. The van der Waals surface area contributed by atoms with Crippen LogP contribution in [0.4, 0.5) is 5.82 Å². The molecule has 1 fully saturated rings. The number of fused-ring (bicyclic) bond motifs is 1. The third kappa shape index (κ3) is 1.15. The number of H-pyrrole nitrogens is 1. The fourth-order valence-corrected chi connectivity index (χ4v) is 2.53. The maximum Gasteiger partial charge on any atom is 0.182 e. The van der Waals surface area contributed by atoms with E-state index in [1.54, 1.807) is 0 Å². The Bertz CT molecular complexity index is 489. The van der Waals surface area contributed by atoms with Crippen LogP contribution >= 0.6 is 0 Å². The van der Waals surface area contributed by atoms with Gasteiger partial charge in [-0.05, 0) is 19.8 Å². The molecule has 0 bridgehead atoms. The van der Waals surface area contributed by atoms with Crippen LogP contribution in [0.3, 0.4) is 0 Å². The molecule has 0 radical (unpaired) electrons. The number of aromatic nitrogens is 4. The SMILES string of the molecule is Cc1nn(C2CCCC2)c2n[nH]c(N)c12. The molecule has 5 nitrogen and oxygen atoms in total. The summed E-state index contributed by atoms with van der Waals surface area (Å²) in [5.41, 5.74) is 7.71. The Morgan fingerprint density at radius 1 is 1.40 bits per heavy atom. The number of hydrogen-bond acceptors (Lipinski definition) is 3. The van der Waals surface area contributed by atoms with Gasteiger partial charge in [0.15, 0.2) is 5.65 Å². The van der Waals surface area contributed by atoms with Crippen LogP contribution in [0.2, 0.25) is 0 Å². The highest BCUT2D eigenvalue weighted by molar-refractivity contribution is 5.88. The van der Waals surface area contributed by atoms with Gasteiger partial charge < -0.3 is 5.73 Å². The van der Waals surface area contributed by atoms with Crippen molar-refractivity contribution in [2.24, 2.45) is 0 Å². The molecule has 0 aromatic carbocycles. The first-order valence-corrected chi connectivity index (χ1v) is 5.46. The van der Waals surface area contributed by atoms with Gasteiger partial charge in [0, 0.05) is 0 Å². The molecule has 5 heteroatoms.